The van der Waals surface area contributed by atoms with Crippen molar-refractivity contribution in [3.05, 3.63) is 35.9 Å². The minimum Gasteiger partial charge on any atom is -0.497 e. The summed E-state index contributed by atoms with van der Waals surface area (Å²) in [7, 11) is 1.65. The van der Waals surface area contributed by atoms with Gasteiger partial charge in [0.15, 0.2) is 0 Å². The number of likely N-dealkylation sites (tertiary alicyclic amines) is 1. The van der Waals surface area contributed by atoms with Crippen LogP contribution in [0.5, 0.6) is 5.75 Å². The molecule has 0 aromatic heterocycles. The van der Waals surface area contributed by atoms with Crippen LogP contribution < -0.4 is 4.74 Å². The van der Waals surface area contributed by atoms with Gasteiger partial charge in [0.25, 0.3) is 0 Å². The number of azo groups is 1. The van der Waals surface area contributed by atoms with Crippen LogP contribution >= 0.6 is 0 Å². The molecule has 1 aromatic rings. The molecule has 0 unspecified atom stereocenters. The molecule has 0 bridgehead atoms. The van der Waals surface area contributed by atoms with Gasteiger partial charge in [0.1, 0.15) is 16.9 Å². The van der Waals surface area contributed by atoms with Gasteiger partial charge >= 0.3 is 6.09 Å². The van der Waals surface area contributed by atoms with Crippen molar-refractivity contribution in [1.29, 1.82) is 0 Å². The van der Waals surface area contributed by atoms with Crippen LogP contribution in [0.15, 0.2) is 40.6 Å². The van der Waals surface area contributed by atoms with E-state index in [-0.39, 0.29) is 11.6 Å². The molecule has 1 aromatic carbocycles. The van der Waals surface area contributed by atoms with Crippen molar-refractivity contribution in [2.24, 2.45) is 10.2 Å². The predicted molar refractivity (Wildman–Crippen MR) is 95.6 cm³/mol. The Labute approximate surface area is 148 Å². The molecule has 1 amide bonds. The van der Waals surface area contributed by atoms with Crippen molar-refractivity contribution >= 4 is 11.8 Å². The van der Waals surface area contributed by atoms with Crippen LogP contribution in [0.25, 0.3) is 5.70 Å². The van der Waals surface area contributed by atoms with Gasteiger partial charge in [0.05, 0.1) is 12.8 Å². The summed E-state index contributed by atoms with van der Waals surface area (Å²) >= 11 is 0. The highest BCUT2D eigenvalue weighted by Gasteiger charge is 2.38. The van der Waals surface area contributed by atoms with Gasteiger partial charge in [-0.05, 0) is 64.0 Å². The van der Waals surface area contributed by atoms with Crippen LogP contribution in [0.4, 0.5) is 4.79 Å². The fourth-order valence-electron chi connectivity index (χ4n) is 3.02. The Bertz CT molecular complexity index is 694. The molecular formula is C19H25N3O3. The number of nitrogens with zero attached hydrogens (tertiary/aromatic N) is 3. The summed E-state index contributed by atoms with van der Waals surface area (Å²) in [6, 6.07) is 7.81. The Morgan fingerprint density at radius 3 is 2.36 bits per heavy atom. The lowest BCUT2D eigenvalue weighted by molar-refractivity contribution is 0.0187. The van der Waals surface area contributed by atoms with E-state index in [1.54, 1.807) is 12.0 Å². The number of rotatable bonds is 2. The fourth-order valence-corrected chi connectivity index (χ4v) is 3.02. The molecule has 1 saturated heterocycles. The lowest BCUT2D eigenvalue weighted by Crippen LogP contribution is -2.46. The summed E-state index contributed by atoms with van der Waals surface area (Å²) in [6.45, 7) is 6.89. The first kappa shape index (κ1) is 17.5. The number of hydrogen-bond acceptors (Lipinski definition) is 5. The lowest BCUT2D eigenvalue weighted by Gasteiger charge is -2.36. The molecule has 2 heterocycles. The van der Waals surface area contributed by atoms with Crippen LogP contribution in [0.2, 0.25) is 0 Å². The Hall–Kier alpha value is -2.37. The molecule has 6 nitrogen and oxygen atoms in total. The largest absolute Gasteiger partial charge is 0.497 e. The second-order valence-electron chi connectivity index (χ2n) is 7.53. The summed E-state index contributed by atoms with van der Waals surface area (Å²) < 4.78 is 10.6. The molecule has 0 saturated carbocycles. The van der Waals surface area contributed by atoms with Gasteiger partial charge in [-0.15, -0.1) is 0 Å². The SMILES string of the molecule is COc1ccc(C2=CC3(CCN(C(=O)OC(C)(C)C)CC3)N=N2)cc1. The second-order valence-corrected chi connectivity index (χ2v) is 7.53. The van der Waals surface area contributed by atoms with E-state index < -0.39 is 5.60 Å². The first-order chi connectivity index (χ1) is 11.8. The minimum absolute atomic E-state index is 0.253. The fraction of sp³-hybridized carbons (Fsp3) is 0.526. The van der Waals surface area contributed by atoms with Crippen molar-refractivity contribution in [3.63, 3.8) is 0 Å². The second kappa shape index (κ2) is 6.50. The monoisotopic (exact) mass is 343 g/mol. The molecule has 6 heteroatoms. The van der Waals surface area contributed by atoms with Gasteiger partial charge in [0.2, 0.25) is 0 Å². The van der Waals surface area contributed by atoms with E-state index >= 15 is 0 Å². The molecule has 1 fully saturated rings. The quantitative estimate of drug-likeness (QED) is 0.805. The van der Waals surface area contributed by atoms with E-state index in [1.165, 1.54) is 0 Å². The number of carbonyl (C=O) groups is 1. The van der Waals surface area contributed by atoms with E-state index in [0.29, 0.717) is 13.1 Å². The smallest absolute Gasteiger partial charge is 0.410 e. The number of piperidine rings is 1. The van der Waals surface area contributed by atoms with E-state index in [2.05, 4.69) is 16.3 Å². The highest BCUT2D eigenvalue weighted by Crippen LogP contribution is 2.38. The third kappa shape index (κ3) is 4.00. The molecule has 2 aliphatic rings. The average molecular weight is 343 g/mol. The highest BCUT2D eigenvalue weighted by atomic mass is 16.6. The molecule has 3 rings (SSSR count). The summed E-state index contributed by atoms with van der Waals surface area (Å²) in [5.41, 5.74) is 1.14. The zero-order valence-corrected chi connectivity index (χ0v) is 15.3. The Balaban J connectivity index is 1.65. The van der Waals surface area contributed by atoms with Gasteiger partial charge in [-0.2, -0.15) is 10.2 Å². The number of ether oxygens (including phenoxy) is 2. The number of carbonyl (C=O) groups excluding carboxylic acids is 1. The van der Waals surface area contributed by atoms with Gasteiger partial charge in [-0.1, -0.05) is 0 Å². The third-order valence-electron chi connectivity index (χ3n) is 4.43. The Morgan fingerprint density at radius 1 is 1.16 bits per heavy atom. The summed E-state index contributed by atoms with van der Waals surface area (Å²) in [5, 5.41) is 8.90. The third-order valence-corrected chi connectivity index (χ3v) is 4.43. The first-order valence-electron chi connectivity index (χ1n) is 8.58. The maximum Gasteiger partial charge on any atom is 0.410 e. The Kier molecular flexibility index (Phi) is 4.54. The molecule has 0 aliphatic carbocycles. The van der Waals surface area contributed by atoms with Crippen molar-refractivity contribution in [2.45, 2.75) is 44.8 Å². The van der Waals surface area contributed by atoms with Gasteiger partial charge in [-0.3, -0.25) is 0 Å². The molecular weight excluding hydrogens is 318 g/mol. The van der Waals surface area contributed by atoms with E-state index in [1.807, 2.05) is 45.0 Å². The van der Waals surface area contributed by atoms with Crippen LogP contribution in [0, 0.1) is 0 Å². The van der Waals surface area contributed by atoms with Crippen LogP contribution in [0.3, 0.4) is 0 Å². The normalized spacial score (nSPS) is 19.0. The maximum absolute atomic E-state index is 12.2. The summed E-state index contributed by atoms with van der Waals surface area (Å²) in [4.78, 5) is 13.9. The topological polar surface area (TPSA) is 63.5 Å². The first-order valence-corrected chi connectivity index (χ1v) is 8.58. The summed E-state index contributed by atoms with van der Waals surface area (Å²) in [5.74, 6) is 0.819. The Morgan fingerprint density at radius 2 is 1.80 bits per heavy atom. The molecule has 1 spiro atoms. The van der Waals surface area contributed by atoms with Crippen molar-refractivity contribution < 1.29 is 14.3 Å². The standard InChI is InChI=1S/C19H25N3O3/c1-18(2,3)25-17(23)22-11-9-19(10-12-22)13-16(20-21-19)14-5-7-15(24-4)8-6-14/h5-8,13H,9-12H2,1-4H3. The predicted octanol–water partition coefficient (Wildman–Crippen LogP) is 4.27. The van der Waals surface area contributed by atoms with Crippen LogP contribution in [-0.2, 0) is 4.74 Å². The number of benzene rings is 1. The molecule has 25 heavy (non-hydrogen) atoms. The summed E-state index contributed by atoms with van der Waals surface area (Å²) in [6.07, 6.45) is 3.39. The number of hydrogen-bond donors (Lipinski definition) is 0. The molecule has 134 valence electrons. The molecule has 0 atom stereocenters. The van der Waals surface area contributed by atoms with Gasteiger partial charge < -0.3 is 14.4 Å². The maximum atomic E-state index is 12.2. The van der Waals surface area contributed by atoms with E-state index in [4.69, 9.17) is 9.47 Å². The number of amides is 1. The van der Waals surface area contributed by atoms with Crippen molar-refractivity contribution in [3.8, 4) is 5.75 Å². The minimum atomic E-state index is -0.472. The molecule has 2 aliphatic heterocycles. The van der Waals surface area contributed by atoms with E-state index in [0.717, 1.165) is 29.9 Å². The van der Waals surface area contributed by atoms with Gasteiger partial charge in [0, 0.05) is 18.7 Å². The highest BCUT2D eigenvalue weighted by molar-refractivity contribution is 5.69. The number of methoxy groups -OCH3 is 1. The van der Waals surface area contributed by atoms with Crippen molar-refractivity contribution in [1.82, 2.24) is 4.90 Å². The molecule has 0 radical (unpaired) electrons. The van der Waals surface area contributed by atoms with Crippen LogP contribution in [0.1, 0.15) is 39.2 Å². The molecule has 0 N–H and O–H groups in total. The van der Waals surface area contributed by atoms with Gasteiger partial charge in [-0.25, -0.2) is 4.79 Å². The van der Waals surface area contributed by atoms with Crippen LogP contribution in [-0.4, -0.2) is 42.3 Å². The lowest BCUT2D eigenvalue weighted by atomic mass is 9.87. The average Bonchev–Trinajstić information content (AvgIpc) is 2.98. The van der Waals surface area contributed by atoms with E-state index in [9.17, 15) is 4.79 Å². The zero-order valence-electron chi connectivity index (χ0n) is 15.3. The van der Waals surface area contributed by atoms with Crippen molar-refractivity contribution in [2.75, 3.05) is 20.2 Å². The zero-order chi connectivity index (χ0) is 18.1.